The monoisotopic (exact) mass is 130 g/mol. The lowest BCUT2D eigenvalue weighted by Gasteiger charge is -2.23. The molecule has 1 rings (SSSR count). The first-order valence-electron chi connectivity index (χ1n) is 2.87. The van der Waals surface area contributed by atoms with Gasteiger partial charge in [-0.1, -0.05) is 6.58 Å². The second-order valence-corrected chi connectivity index (χ2v) is 1.92. The molecule has 3 nitrogen and oxygen atoms in total. The van der Waals surface area contributed by atoms with Crippen LogP contribution in [0.3, 0.4) is 0 Å². The lowest BCUT2D eigenvalue weighted by atomic mass is 10.4. The van der Waals surface area contributed by atoms with Gasteiger partial charge in [-0.05, 0) is 6.08 Å². The van der Waals surface area contributed by atoms with E-state index in [0.717, 1.165) is 0 Å². The van der Waals surface area contributed by atoms with E-state index >= 15 is 0 Å². The normalized spacial score (nSPS) is 36.1. The number of hydrogen-bond donors (Lipinski definition) is 1. The van der Waals surface area contributed by atoms with Crippen LogP contribution >= 0.6 is 0 Å². The molecule has 3 heteroatoms. The fourth-order valence-electron chi connectivity index (χ4n) is 0.644. The van der Waals surface area contributed by atoms with Crippen molar-refractivity contribution >= 4 is 0 Å². The zero-order chi connectivity index (χ0) is 6.69. The molecule has 1 aliphatic heterocycles. The molecule has 1 fully saturated rings. The zero-order valence-electron chi connectivity index (χ0n) is 5.12. The highest BCUT2D eigenvalue weighted by Crippen LogP contribution is 2.04. The van der Waals surface area contributed by atoms with Crippen molar-refractivity contribution in [2.45, 2.75) is 12.4 Å². The molecular weight excluding hydrogens is 120 g/mol. The van der Waals surface area contributed by atoms with E-state index in [1.165, 1.54) is 0 Å². The Labute approximate surface area is 53.9 Å². The van der Waals surface area contributed by atoms with E-state index in [1.54, 1.807) is 6.08 Å². The second kappa shape index (κ2) is 2.96. The third-order valence-corrected chi connectivity index (χ3v) is 1.10. The van der Waals surface area contributed by atoms with Crippen LogP contribution in [0.25, 0.3) is 0 Å². The molecule has 1 saturated heterocycles. The van der Waals surface area contributed by atoms with Crippen LogP contribution in [0.1, 0.15) is 0 Å². The van der Waals surface area contributed by atoms with Crippen LogP contribution in [0.4, 0.5) is 0 Å². The summed E-state index contributed by atoms with van der Waals surface area (Å²) < 4.78 is 9.90. The van der Waals surface area contributed by atoms with Gasteiger partial charge in [-0.15, -0.1) is 0 Å². The molecule has 1 N–H and O–H groups in total. The molecule has 0 amide bonds. The van der Waals surface area contributed by atoms with Gasteiger partial charge < -0.3 is 14.6 Å². The van der Waals surface area contributed by atoms with Crippen LogP contribution in [-0.2, 0) is 9.47 Å². The van der Waals surface area contributed by atoms with Crippen LogP contribution in [0.5, 0.6) is 0 Å². The van der Waals surface area contributed by atoms with Crippen molar-refractivity contribution in [2.75, 3.05) is 13.2 Å². The number of aliphatic hydroxyl groups is 1. The smallest absolute Gasteiger partial charge is 0.176 e. The predicted molar refractivity (Wildman–Crippen MR) is 31.9 cm³/mol. The number of aliphatic hydroxyl groups excluding tert-OH is 1. The standard InChI is InChI=1S/C6H10O3/c1-2-6-8-3-5(7)4-9-6/h2,5-7H,1,3-4H2/t5-,6-. The quantitative estimate of drug-likeness (QED) is 0.504. The average molecular weight is 130 g/mol. The van der Waals surface area contributed by atoms with Gasteiger partial charge >= 0.3 is 0 Å². The van der Waals surface area contributed by atoms with Gasteiger partial charge in [-0.2, -0.15) is 0 Å². The van der Waals surface area contributed by atoms with Gasteiger partial charge in [0.2, 0.25) is 0 Å². The van der Waals surface area contributed by atoms with E-state index in [1.807, 2.05) is 0 Å². The van der Waals surface area contributed by atoms with Gasteiger partial charge in [-0.25, -0.2) is 0 Å². The summed E-state index contributed by atoms with van der Waals surface area (Å²) in [6, 6.07) is 0. The predicted octanol–water partition coefficient (Wildman–Crippen LogP) is -0.0938. The highest BCUT2D eigenvalue weighted by molar-refractivity contribution is 4.75. The second-order valence-electron chi connectivity index (χ2n) is 1.92. The molecule has 52 valence electrons. The number of rotatable bonds is 1. The molecule has 0 spiro atoms. The van der Waals surface area contributed by atoms with E-state index < -0.39 is 6.10 Å². The Morgan fingerprint density at radius 1 is 1.44 bits per heavy atom. The number of ether oxygens (including phenoxy) is 2. The van der Waals surface area contributed by atoms with Crippen LogP contribution in [0.2, 0.25) is 0 Å². The molecule has 0 radical (unpaired) electrons. The summed E-state index contributed by atoms with van der Waals surface area (Å²) in [5, 5.41) is 8.84. The first-order chi connectivity index (χ1) is 4.33. The summed E-state index contributed by atoms with van der Waals surface area (Å²) in [7, 11) is 0. The first kappa shape index (κ1) is 6.74. The molecule has 0 aliphatic carbocycles. The lowest BCUT2D eigenvalue weighted by Crippen LogP contribution is -2.34. The number of hydrogen-bond acceptors (Lipinski definition) is 3. The maximum Gasteiger partial charge on any atom is 0.176 e. The minimum Gasteiger partial charge on any atom is -0.388 e. The molecule has 0 bridgehead atoms. The van der Waals surface area contributed by atoms with E-state index in [0.29, 0.717) is 13.2 Å². The fourth-order valence-corrected chi connectivity index (χ4v) is 0.644. The van der Waals surface area contributed by atoms with Crippen molar-refractivity contribution in [2.24, 2.45) is 0 Å². The Bertz CT molecular complexity index is 94.5. The van der Waals surface area contributed by atoms with Gasteiger partial charge in [0.25, 0.3) is 0 Å². The molecule has 0 aromatic rings. The molecule has 0 aromatic heterocycles. The van der Waals surface area contributed by atoms with Crippen LogP contribution in [0, 0.1) is 0 Å². The Hall–Kier alpha value is -0.380. The Morgan fingerprint density at radius 3 is 2.44 bits per heavy atom. The fraction of sp³-hybridized carbons (Fsp3) is 0.667. The summed E-state index contributed by atoms with van der Waals surface area (Å²) in [4.78, 5) is 0. The minimum absolute atomic E-state index is 0.326. The van der Waals surface area contributed by atoms with Crippen molar-refractivity contribution in [3.8, 4) is 0 Å². The zero-order valence-corrected chi connectivity index (χ0v) is 5.12. The van der Waals surface area contributed by atoms with Crippen molar-refractivity contribution in [3.63, 3.8) is 0 Å². The maximum absolute atomic E-state index is 8.84. The molecule has 0 aromatic carbocycles. The SMILES string of the molecule is C=C[C@H]1OC[C@H](O)CO1. The van der Waals surface area contributed by atoms with Crippen molar-refractivity contribution in [1.82, 2.24) is 0 Å². The van der Waals surface area contributed by atoms with E-state index in [2.05, 4.69) is 6.58 Å². The summed E-state index contributed by atoms with van der Waals surface area (Å²) in [6.45, 7) is 4.17. The van der Waals surface area contributed by atoms with Gasteiger partial charge in [0.1, 0.15) is 6.10 Å². The Balaban J connectivity index is 2.26. The van der Waals surface area contributed by atoms with Crippen molar-refractivity contribution < 1.29 is 14.6 Å². The largest absolute Gasteiger partial charge is 0.388 e. The minimum atomic E-state index is -0.471. The third-order valence-electron chi connectivity index (χ3n) is 1.10. The van der Waals surface area contributed by atoms with Crippen molar-refractivity contribution in [3.05, 3.63) is 12.7 Å². The Morgan fingerprint density at radius 2 is 2.00 bits per heavy atom. The van der Waals surface area contributed by atoms with Gasteiger partial charge in [0.15, 0.2) is 6.29 Å². The summed E-state index contributed by atoms with van der Waals surface area (Å²) >= 11 is 0. The average Bonchev–Trinajstić information content (AvgIpc) is 1.90. The molecule has 0 saturated carbocycles. The van der Waals surface area contributed by atoms with Crippen LogP contribution in [-0.4, -0.2) is 30.7 Å². The van der Waals surface area contributed by atoms with Gasteiger partial charge in [0, 0.05) is 0 Å². The first-order valence-corrected chi connectivity index (χ1v) is 2.87. The van der Waals surface area contributed by atoms with Gasteiger partial charge in [-0.3, -0.25) is 0 Å². The Kier molecular flexibility index (Phi) is 2.22. The van der Waals surface area contributed by atoms with E-state index in [4.69, 9.17) is 14.6 Å². The summed E-state index contributed by atoms with van der Waals surface area (Å²) in [5.74, 6) is 0. The highest BCUT2D eigenvalue weighted by atomic mass is 16.7. The maximum atomic E-state index is 8.84. The summed E-state index contributed by atoms with van der Waals surface area (Å²) in [5.41, 5.74) is 0. The molecule has 1 heterocycles. The molecule has 1 aliphatic rings. The van der Waals surface area contributed by atoms with Crippen LogP contribution in [0.15, 0.2) is 12.7 Å². The van der Waals surface area contributed by atoms with Gasteiger partial charge in [0.05, 0.1) is 13.2 Å². The lowest BCUT2D eigenvalue weighted by molar-refractivity contribution is -0.192. The molecular formula is C6H10O3. The highest BCUT2D eigenvalue weighted by Gasteiger charge is 2.16. The topological polar surface area (TPSA) is 38.7 Å². The van der Waals surface area contributed by atoms with Crippen molar-refractivity contribution in [1.29, 1.82) is 0 Å². The molecule has 0 unspecified atom stereocenters. The summed E-state index contributed by atoms with van der Waals surface area (Å²) in [6.07, 6.45) is 0.765. The van der Waals surface area contributed by atoms with Crippen LogP contribution < -0.4 is 0 Å². The van der Waals surface area contributed by atoms with E-state index in [9.17, 15) is 0 Å². The molecule has 9 heavy (non-hydrogen) atoms. The third kappa shape index (κ3) is 1.78. The molecule has 0 atom stereocenters. The van der Waals surface area contributed by atoms with E-state index in [-0.39, 0.29) is 6.29 Å².